The second-order valence-electron chi connectivity index (χ2n) is 7.00. The van der Waals surface area contributed by atoms with Crippen LogP contribution in [0.1, 0.15) is 30.0 Å². The number of hydrogen-bond acceptors (Lipinski definition) is 4. The lowest BCUT2D eigenvalue weighted by Crippen LogP contribution is -2.36. The lowest BCUT2D eigenvalue weighted by atomic mass is 9.95. The van der Waals surface area contributed by atoms with Crippen molar-refractivity contribution in [3.05, 3.63) is 76.3 Å². The molecule has 2 heterocycles. The summed E-state index contributed by atoms with van der Waals surface area (Å²) in [7, 11) is 0. The van der Waals surface area contributed by atoms with Gasteiger partial charge in [0.2, 0.25) is 0 Å². The number of benzene rings is 2. The summed E-state index contributed by atoms with van der Waals surface area (Å²) in [5.41, 5.74) is 1.31. The number of aliphatic hydroxyl groups excluding tert-OH is 1. The maximum absolute atomic E-state index is 12.9. The topological polar surface area (TPSA) is 66.8 Å². The first-order valence-corrected chi connectivity index (χ1v) is 9.65. The predicted octanol–water partition coefficient (Wildman–Crippen LogP) is 3.94. The average Bonchev–Trinajstić information content (AvgIpc) is 3.31. The molecule has 5 nitrogen and oxygen atoms in total. The number of nitrogens with zero attached hydrogens (tertiary/aromatic N) is 1. The molecule has 0 unspecified atom stereocenters. The molecule has 6 heteroatoms. The Morgan fingerprint density at radius 3 is 2.46 bits per heavy atom. The smallest absolute Gasteiger partial charge is 0.295 e. The molecule has 0 bridgehead atoms. The van der Waals surface area contributed by atoms with E-state index in [1.54, 1.807) is 48.5 Å². The molecule has 2 aromatic carbocycles. The van der Waals surface area contributed by atoms with Crippen molar-refractivity contribution >= 4 is 29.1 Å². The van der Waals surface area contributed by atoms with Crippen molar-refractivity contribution in [1.29, 1.82) is 0 Å². The molecule has 4 rings (SSSR count). The normalized spacial score (nSPS) is 24.1. The number of rotatable bonds is 4. The third-order valence-electron chi connectivity index (χ3n) is 5.20. The molecule has 0 aliphatic carbocycles. The quantitative estimate of drug-likeness (QED) is 0.482. The van der Waals surface area contributed by atoms with E-state index in [4.69, 9.17) is 16.3 Å². The van der Waals surface area contributed by atoms with Crippen molar-refractivity contribution in [3.8, 4) is 0 Å². The summed E-state index contributed by atoms with van der Waals surface area (Å²) in [6.45, 7) is 0.966. The van der Waals surface area contributed by atoms with Crippen molar-refractivity contribution in [1.82, 2.24) is 4.90 Å². The summed E-state index contributed by atoms with van der Waals surface area (Å²) >= 11 is 6.02. The summed E-state index contributed by atoms with van der Waals surface area (Å²) in [6, 6.07) is 15.1. The summed E-state index contributed by atoms with van der Waals surface area (Å²) in [6.07, 6.45) is 1.67. The van der Waals surface area contributed by atoms with Crippen molar-refractivity contribution in [2.24, 2.45) is 0 Å². The van der Waals surface area contributed by atoms with E-state index in [-0.39, 0.29) is 17.4 Å². The summed E-state index contributed by atoms with van der Waals surface area (Å²) < 4.78 is 5.68. The molecule has 0 aromatic heterocycles. The number of carbonyl (C=O) groups is 2. The van der Waals surface area contributed by atoms with Crippen molar-refractivity contribution in [2.75, 3.05) is 13.2 Å². The van der Waals surface area contributed by atoms with Crippen molar-refractivity contribution < 1.29 is 19.4 Å². The minimum absolute atomic E-state index is 0.0940. The van der Waals surface area contributed by atoms with Crippen LogP contribution in [-0.4, -0.2) is 41.0 Å². The molecule has 28 heavy (non-hydrogen) atoms. The molecule has 2 saturated heterocycles. The molecular weight excluding hydrogens is 378 g/mol. The maximum atomic E-state index is 12.9. The van der Waals surface area contributed by atoms with Crippen LogP contribution in [-0.2, 0) is 14.3 Å². The second kappa shape index (κ2) is 7.78. The van der Waals surface area contributed by atoms with Crippen LogP contribution in [0.3, 0.4) is 0 Å². The van der Waals surface area contributed by atoms with Crippen LogP contribution in [0.15, 0.2) is 60.2 Å². The summed E-state index contributed by atoms with van der Waals surface area (Å²) in [5, 5.41) is 11.5. The standard InChI is InChI=1S/C22H20ClNO4/c23-16-10-8-14(9-11-16)19-18(20(25)15-5-2-1-3-6-15)21(26)22(27)24(19)13-17-7-4-12-28-17/h1-3,5-6,8-11,17,19,25H,4,7,12-13H2/b20-18+/t17-,19-/m1/s1. The molecule has 2 aromatic rings. The van der Waals surface area contributed by atoms with Gasteiger partial charge in [0, 0.05) is 23.7 Å². The Morgan fingerprint density at radius 1 is 1.11 bits per heavy atom. The van der Waals surface area contributed by atoms with E-state index >= 15 is 0 Å². The van der Waals surface area contributed by atoms with Gasteiger partial charge in [-0.25, -0.2) is 0 Å². The summed E-state index contributed by atoms with van der Waals surface area (Å²) in [5.74, 6) is -1.47. The molecule has 0 saturated carbocycles. The van der Waals surface area contributed by atoms with Crippen LogP contribution in [0.2, 0.25) is 5.02 Å². The fourth-order valence-electron chi connectivity index (χ4n) is 3.82. The van der Waals surface area contributed by atoms with Crippen LogP contribution in [0.25, 0.3) is 5.76 Å². The SMILES string of the molecule is O=C1C(=O)N(C[C@H]2CCCO2)[C@H](c2ccc(Cl)cc2)/C1=C(\O)c1ccccc1. The predicted molar refractivity (Wildman–Crippen MR) is 106 cm³/mol. The molecule has 0 radical (unpaired) electrons. The van der Waals surface area contributed by atoms with E-state index in [1.165, 1.54) is 4.90 Å². The molecule has 2 fully saturated rings. The van der Waals surface area contributed by atoms with Gasteiger partial charge in [-0.1, -0.05) is 54.1 Å². The largest absolute Gasteiger partial charge is 0.507 e. The monoisotopic (exact) mass is 397 g/mol. The highest BCUT2D eigenvalue weighted by Gasteiger charge is 2.46. The second-order valence-corrected chi connectivity index (χ2v) is 7.44. The van der Waals surface area contributed by atoms with E-state index < -0.39 is 17.7 Å². The Bertz CT molecular complexity index is 917. The van der Waals surface area contributed by atoms with Crippen LogP contribution in [0.5, 0.6) is 0 Å². The van der Waals surface area contributed by atoms with E-state index in [1.807, 2.05) is 6.07 Å². The molecule has 2 aliphatic rings. The minimum atomic E-state index is -0.681. The van der Waals surface area contributed by atoms with Gasteiger partial charge < -0.3 is 14.7 Å². The Labute approximate surface area is 168 Å². The van der Waals surface area contributed by atoms with Gasteiger partial charge in [0.15, 0.2) is 0 Å². The third kappa shape index (κ3) is 3.43. The lowest BCUT2D eigenvalue weighted by molar-refractivity contribution is -0.140. The highest BCUT2D eigenvalue weighted by molar-refractivity contribution is 6.46. The zero-order valence-electron chi connectivity index (χ0n) is 15.2. The van der Waals surface area contributed by atoms with Gasteiger partial charge in [0.1, 0.15) is 5.76 Å². The van der Waals surface area contributed by atoms with E-state index in [9.17, 15) is 14.7 Å². The molecule has 1 amide bonds. The number of Topliss-reactive ketones (excluding diaryl/α,β-unsaturated/α-hetero) is 1. The third-order valence-corrected chi connectivity index (χ3v) is 5.45. The average molecular weight is 398 g/mol. The zero-order valence-corrected chi connectivity index (χ0v) is 15.9. The minimum Gasteiger partial charge on any atom is -0.507 e. The molecule has 2 atom stereocenters. The number of halogens is 1. The first kappa shape index (κ1) is 18.7. The Balaban J connectivity index is 1.81. The highest BCUT2D eigenvalue weighted by Crippen LogP contribution is 2.40. The van der Waals surface area contributed by atoms with Gasteiger partial charge in [-0.2, -0.15) is 0 Å². The number of likely N-dealkylation sites (tertiary alicyclic amines) is 1. The van der Waals surface area contributed by atoms with Gasteiger partial charge >= 0.3 is 0 Å². The number of hydrogen-bond donors (Lipinski definition) is 1. The van der Waals surface area contributed by atoms with Crippen LogP contribution in [0.4, 0.5) is 0 Å². The Morgan fingerprint density at radius 2 is 1.82 bits per heavy atom. The lowest BCUT2D eigenvalue weighted by Gasteiger charge is -2.27. The van der Waals surface area contributed by atoms with Gasteiger partial charge in [-0.05, 0) is 30.5 Å². The number of ketones is 1. The number of carbonyl (C=O) groups excluding carboxylic acids is 2. The molecule has 2 aliphatic heterocycles. The first-order chi connectivity index (χ1) is 13.6. The molecular formula is C22H20ClNO4. The first-order valence-electron chi connectivity index (χ1n) is 9.27. The van der Waals surface area contributed by atoms with Crippen molar-refractivity contribution in [2.45, 2.75) is 25.0 Å². The van der Waals surface area contributed by atoms with Crippen LogP contribution < -0.4 is 0 Å². The molecule has 1 N–H and O–H groups in total. The number of ether oxygens (including phenoxy) is 1. The molecule has 0 spiro atoms. The highest BCUT2D eigenvalue weighted by atomic mass is 35.5. The van der Waals surface area contributed by atoms with Crippen molar-refractivity contribution in [3.63, 3.8) is 0 Å². The zero-order chi connectivity index (χ0) is 19.7. The van der Waals surface area contributed by atoms with Crippen LogP contribution in [0, 0.1) is 0 Å². The fourth-order valence-corrected chi connectivity index (χ4v) is 3.95. The Kier molecular flexibility index (Phi) is 5.20. The van der Waals surface area contributed by atoms with E-state index in [0.717, 1.165) is 18.4 Å². The summed E-state index contributed by atoms with van der Waals surface area (Å²) in [4.78, 5) is 27.2. The van der Waals surface area contributed by atoms with Gasteiger partial charge in [-0.3, -0.25) is 9.59 Å². The fraction of sp³-hybridized carbons (Fsp3) is 0.273. The van der Waals surface area contributed by atoms with Gasteiger partial charge in [-0.15, -0.1) is 0 Å². The number of amides is 1. The molecule has 144 valence electrons. The Hall–Kier alpha value is -2.63. The van der Waals surface area contributed by atoms with Gasteiger partial charge in [0.25, 0.3) is 11.7 Å². The van der Waals surface area contributed by atoms with E-state index in [2.05, 4.69) is 0 Å². The van der Waals surface area contributed by atoms with Crippen LogP contribution >= 0.6 is 11.6 Å². The number of aliphatic hydroxyl groups is 1. The van der Waals surface area contributed by atoms with Gasteiger partial charge in [0.05, 0.1) is 17.7 Å². The van der Waals surface area contributed by atoms with E-state index in [0.29, 0.717) is 23.7 Å². The maximum Gasteiger partial charge on any atom is 0.295 e.